The van der Waals surface area contributed by atoms with Gasteiger partial charge in [-0.05, 0) is 6.42 Å². The Balaban J connectivity index is 3.90. The van der Waals surface area contributed by atoms with Gasteiger partial charge >= 0.3 is 12.2 Å². The third kappa shape index (κ3) is 6.09. The summed E-state index contributed by atoms with van der Waals surface area (Å²) in [6.45, 7) is -1.97. The van der Waals surface area contributed by atoms with Gasteiger partial charge in [-0.2, -0.15) is 17.6 Å². The van der Waals surface area contributed by atoms with Crippen molar-refractivity contribution in [2.75, 3.05) is 13.5 Å². The zero-order valence-electron chi connectivity index (χ0n) is 7.53. The zero-order valence-corrected chi connectivity index (χ0v) is 7.53. The van der Waals surface area contributed by atoms with E-state index < -0.39 is 32.1 Å². The van der Waals surface area contributed by atoms with Crippen LogP contribution in [0.1, 0.15) is 19.8 Å². The Morgan fingerprint density at radius 1 is 1.00 bits per heavy atom. The summed E-state index contributed by atoms with van der Waals surface area (Å²) in [5, 5.41) is 0. The van der Waals surface area contributed by atoms with E-state index in [0.29, 0.717) is 0 Å². The Labute approximate surface area is 78.0 Å². The number of hydrogen-bond donors (Lipinski definition) is 0. The normalized spacial score (nSPS) is 13.3. The Bertz CT molecular complexity index is 144. The molecule has 0 aromatic rings. The fourth-order valence-corrected chi connectivity index (χ4v) is 0.674. The van der Waals surface area contributed by atoms with Crippen molar-refractivity contribution < 1.29 is 31.4 Å². The minimum atomic E-state index is -4.02. The summed E-state index contributed by atoms with van der Waals surface area (Å²) in [7, 11) is 0. The molecular weight excluding hydrogens is 211 g/mol. The SMILES string of the molecule is CCCC(F)(F)OCC(F)(F)OCF. The van der Waals surface area contributed by atoms with E-state index >= 15 is 0 Å². The quantitative estimate of drug-likeness (QED) is 0.616. The van der Waals surface area contributed by atoms with Crippen molar-refractivity contribution >= 4 is 0 Å². The van der Waals surface area contributed by atoms with Gasteiger partial charge in [0.25, 0.3) is 0 Å². The van der Waals surface area contributed by atoms with Crippen LogP contribution in [0.3, 0.4) is 0 Å². The van der Waals surface area contributed by atoms with E-state index in [-0.39, 0.29) is 6.42 Å². The van der Waals surface area contributed by atoms with Crippen LogP contribution in [0, 0.1) is 0 Å². The average Bonchev–Trinajstić information content (AvgIpc) is 2.01. The van der Waals surface area contributed by atoms with E-state index in [1.165, 1.54) is 6.92 Å². The minimum absolute atomic E-state index is 0.0859. The second-order valence-corrected chi connectivity index (χ2v) is 2.57. The van der Waals surface area contributed by atoms with Gasteiger partial charge in [-0.25, -0.2) is 4.39 Å². The summed E-state index contributed by atoms with van der Waals surface area (Å²) in [5.41, 5.74) is 0. The van der Waals surface area contributed by atoms with Crippen molar-refractivity contribution in [3.05, 3.63) is 0 Å². The first-order valence-corrected chi connectivity index (χ1v) is 3.92. The summed E-state index contributed by atoms with van der Waals surface area (Å²) in [6, 6.07) is 0. The van der Waals surface area contributed by atoms with Crippen LogP contribution in [-0.4, -0.2) is 25.7 Å². The van der Waals surface area contributed by atoms with Crippen LogP contribution in [-0.2, 0) is 9.47 Å². The third-order valence-electron chi connectivity index (χ3n) is 1.26. The molecule has 0 radical (unpaired) electrons. The minimum Gasteiger partial charge on any atom is -0.311 e. The lowest BCUT2D eigenvalue weighted by Crippen LogP contribution is -2.33. The highest BCUT2D eigenvalue weighted by Crippen LogP contribution is 2.25. The van der Waals surface area contributed by atoms with Crippen molar-refractivity contribution in [1.29, 1.82) is 0 Å². The molecule has 0 aliphatic heterocycles. The van der Waals surface area contributed by atoms with Crippen LogP contribution in [0.4, 0.5) is 22.0 Å². The largest absolute Gasteiger partial charge is 0.381 e. The Hall–Kier alpha value is -0.430. The van der Waals surface area contributed by atoms with Crippen LogP contribution in [0.5, 0.6) is 0 Å². The van der Waals surface area contributed by atoms with E-state index in [4.69, 9.17) is 0 Å². The van der Waals surface area contributed by atoms with E-state index in [9.17, 15) is 22.0 Å². The van der Waals surface area contributed by atoms with Gasteiger partial charge in [0.05, 0.1) is 0 Å². The first kappa shape index (κ1) is 13.6. The van der Waals surface area contributed by atoms with Gasteiger partial charge in [-0.15, -0.1) is 0 Å². The number of rotatable bonds is 7. The van der Waals surface area contributed by atoms with Crippen molar-refractivity contribution in [2.24, 2.45) is 0 Å². The van der Waals surface area contributed by atoms with E-state index in [1.54, 1.807) is 0 Å². The van der Waals surface area contributed by atoms with E-state index in [1.807, 2.05) is 0 Å². The number of halogens is 5. The lowest BCUT2D eigenvalue weighted by atomic mass is 10.3. The molecule has 0 N–H and O–H groups in total. The standard InChI is InChI=1S/C7H11F5O2/c1-2-3-6(9,10)13-4-7(11,12)14-5-8/h2-5H2,1H3. The summed E-state index contributed by atoms with van der Waals surface area (Å²) >= 11 is 0. The van der Waals surface area contributed by atoms with Gasteiger partial charge in [0.2, 0.25) is 0 Å². The predicted molar refractivity (Wildman–Crippen MR) is 37.8 cm³/mol. The predicted octanol–water partition coefficient (Wildman–Crippen LogP) is 2.93. The lowest BCUT2D eigenvalue weighted by Gasteiger charge is -2.20. The van der Waals surface area contributed by atoms with Crippen LogP contribution in [0.15, 0.2) is 0 Å². The van der Waals surface area contributed by atoms with E-state index in [0.717, 1.165) is 0 Å². The van der Waals surface area contributed by atoms with Gasteiger partial charge in [0, 0.05) is 6.42 Å². The lowest BCUT2D eigenvalue weighted by molar-refractivity contribution is -0.331. The molecule has 0 bridgehead atoms. The molecule has 14 heavy (non-hydrogen) atoms. The van der Waals surface area contributed by atoms with Crippen LogP contribution in [0.25, 0.3) is 0 Å². The molecule has 2 nitrogen and oxygen atoms in total. The van der Waals surface area contributed by atoms with Gasteiger partial charge in [0.1, 0.15) is 6.61 Å². The maximum absolute atomic E-state index is 12.5. The molecule has 0 aliphatic rings. The smallest absolute Gasteiger partial charge is 0.311 e. The molecule has 0 aromatic carbocycles. The molecule has 0 spiro atoms. The molecule has 0 fully saturated rings. The molecule has 0 saturated heterocycles. The molecule has 0 atom stereocenters. The molecule has 0 amide bonds. The van der Waals surface area contributed by atoms with Crippen molar-refractivity contribution in [2.45, 2.75) is 32.0 Å². The maximum Gasteiger partial charge on any atom is 0.381 e. The molecule has 0 aliphatic carbocycles. The number of ether oxygens (including phenoxy) is 2. The fraction of sp³-hybridized carbons (Fsp3) is 1.00. The summed E-state index contributed by atoms with van der Waals surface area (Å²) in [6.07, 6.45) is -8.23. The van der Waals surface area contributed by atoms with Gasteiger partial charge in [-0.1, -0.05) is 6.92 Å². The Morgan fingerprint density at radius 3 is 2.00 bits per heavy atom. The monoisotopic (exact) mass is 222 g/mol. The molecule has 0 unspecified atom stereocenters. The van der Waals surface area contributed by atoms with Crippen LogP contribution >= 0.6 is 0 Å². The average molecular weight is 222 g/mol. The third-order valence-corrected chi connectivity index (χ3v) is 1.26. The van der Waals surface area contributed by atoms with Crippen molar-refractivity contribution in [3.63, 3.8) is 0 Å². The molecule has 0 heterocycles. The van der Waals surface area contributed by atoms with Crippen molar-refractivity contribution in [3.8, 4) is 0 Å². The maximum atomic E-state index is 12.5. The van der Waals surface area contributed by atoms with E-state index in [2.05, 4.69) is 9.47 Å². The zero-order chi connectivity index (χ0) is 11.2. The summed E-state index contributed by atoms with van der Waals surface area (Å²) in [5.74, 6) is 0. The second-order valence-electron chi connectivity index (χ2n) is 2.57. The molecule has 0 aromatic heterocycles. The molecule has 0 saturated carbocycles. The fourth-order valence-electron chi connectivity index (χ4n) is 0.674. The highest BCUT2D eigenvalue weighted by atomic mass is 19.3. The highest BCUT2D eigenvalue weighted by molar-refractivity contribution is 4.55. The molecule has 0 rings (SSSR count). The Morgan fingerprint density at radius 2 is 1.57 bits per heavy atom. The molecular formula is C7H11F5O2. The van der Waals surface area contributed by atoms with Crippen LogP contribution in [0.2, 0.25) is 0 Å². The first-order valence-electron chi connectivity index (χ1n) is 3.92. The van der Waals surface area contributed by atoms with Crippen molar-refractivity contribution in [1.82, 2.24) is 0 Å². The molecule has 86 valence electrons. The van der Waals surface area contributed by atoms with Gasteiger partial charge in [-0.3, -0.25) is 4.74 Å². The molecule has 7 heteroatoms. The number of alkyl halides is 5. The Kier molecular flexibility index (Phi) is 5.28. The summed E-state index contributed by atoms with van der Waals surface area (Å²) < 4.78 is 67.7. The summed E-state index contributed by atoms with van der Waals surface area (Å²) in [4.78, 5) is 0. The van der Waals surface area contributed by atoms with Gasteiger partial charge < -0.3 is 4.74 Å². The van der Waals surface area contributed by atoms with Crippen LogP contribution < -0.4 is 0 Å². The topological polar surface area (TPSA) is 18.5 Å². The number of hydrogen-bond acceptors (Lipinski definition) is 2. The second kappa shape index (κ2) is 5.45. The first-order chi connectivity index (χ1) is 6.33. The van der Waals surface area contributed by atoms with Gasteiger partial charge in [0.15, 0.2) is 6.86 Å². The highest BCUT2D eigenvalue weighted by Gasteiger charge is 2.37.